The summed E-state index contributed by atoms with van der Waals surface area (Å²) in [5.74, 6) is 1.50. The summed E-state index contributed by atoms with van der Waals surface area (Å²) in [4.78, 5) is 14.2. The number of thioether (sulfide) groups is 1. The highest BCUT2D eigenvalue weighted by Crippen LogP contribution is 2.09. The van der Waals surface area contributed by atoms with Crippen LogP contribution in [-0.4, -0.2) is 23.6 Å². The Bertz CT molecular complexity index is 359. The number of hydrogen-bond acceptors (Lipinski definition) is 5. The molecule has 0 radical (unpaired) electrons. The van der Waals surface area contributed by atoms with Crippen molar-refractivity contribution in [3.8, 4) is 11.2 Å². The monoisotopic (exact) mass is 236 g/mol. The Morgan fingerprint density at radius 3 is 3.00 bits per heavy atom. The molecule has 0 aliphatic carbocycles. The first kappa shape index (κ1) is 12.5. The number of carbonyl (C=O) groups is 1. The average Bonchev–Trinajstić information content (AvgIpc) is 2.34. The van der Waals surface area contributed by atoms with Gasteiger partial charge in [-0.05, 0) is 36.7 Å². The molecule has 0 N–H and O–H groups in total. The van der Waals surface area contributed by atoms with Crippen LogP contribution in [0.2, 0.25) is 0 Å². The number of pyridine rings is 1. The number of aromatic nitrogens is 1. The van der Waals surface area contributed by atoms with Crippen LogP contribution in [0, 0.1) is 10.7 Å². The number of thiocyanates is 1. The number of carbonyl (C=O) groups excluding carboxylic acids is 1. The first-order valence-corrected chi connectivity index (χ1v) is 5.90. The topological polar surface area (TPSA) is 63.0 Å². The maximum atomic E-state index is 10.3. The fourth-order valence-corrected chi connectivity index (χ4v) is 1.50. The maximum Gasteiger partial charge on any atom is 0.168 e. The Morgan fingerprint density at radius 2 is 2.38 bits per heavy atom. The zero-order chi connectivity index (χ0) is 11.6. The van der Waals surface area contributed by atoms with Gasteiger partial charge in [-0.25, -0.2) is 4.98 Å². The summed E-state index contributed by atoms with van der Waals surface area (Å²) >= 11 is 1.26. The van der Waals surface area contributed by atoms with Gasteiger partial charge in [-0.3, -0.25) is 4.79 Å². The van der Waals surface area contributed by atoms with E-state index in [4.69, 9.17) is 10.00 Å². The third-order valence-electron chi connectivity index (χ3n) is 1.85. The van der Waals surface area contributed by atoms with E-state index in [1.165, 1.54) is 18.0 Å². The minimum atomic E-state index is 0.401. The van der Waals surface area contributed by atoms with Crippen molar-refractivity contribution in [3.63, 3.8) is 0 Å². The molecule has 0 aromatic carbocycles. The van der Waals surface area contributed by atoms with E-state index in [2.05, 4.69) is 4.98 Å². The van der Waals surface area contributed by atoms with Gasteiger partial charge in [-0.1, -0.05) is 0 Å². The van der Waals surface area contributed by atoms with Crippen LogP contribution >= 0.6 is 11.8 Å². The molecule has 0 aliphatic heterocycles. The minimum Gasteiger partial charge on any atom is -0.492 e. The van der Waals surface area contributed by atoms with Crippen LogP contribution in [0.5, 0.6) is 5.75 Å². The van der Waals surface area contributed by atoms with Crippen molar-refractivity contribution in [1.82, 2.24) is 4.98 Å². The Hall–Kier alpha value is -1.54. The Balaban J connectivity index is 2.17. The van der Waals surface area contributed by atoms with E-state index >= 15 is 0 Å². The molecule has 0 unspecified atom stereocenters. The SMILES string of the molecule is N#CSCCCCOc1ccc(C=O)nc1. The zero-order valence-corrected chi connectivity index (χ0v) is 9.57. The van der Waals surface area contributed by atoms with Gasteiger partial charge < -0.3 is 4.74 Å². The molecule has 1 aromatic heterocycles. The third-order valence-corrected chi connectivity index (χ3v) is 2.48. The molecule has 1 aromatic rings. The molecule has 0 spiro atoms. The Kier molecular flexibility index (Phi) is 6.04. The molecule has 4 nitrogen and oxygen atoms in total. The van der Waals surface area contributed by atoms with Gasteiger partial charge in [0.1, 0.15) is 16.8 Å². The summed E-state index contributed by atoms with van der Waals surface area (Å²) in [7, 11) is 0. The molecule has 84 valence electrons. The minimum absolute atomic E-state index is 0.401. The van der Waals surface area contributed by atoms with Gasteiger partial charge in [0.2, 0.25) is 0 Å². The number of aldehydes is 1. The van der Waals surface area contributed by atoms with E-state index in [9.17, 15) is 4.79 Å². The van der Waals surface area contributed by atoms with Crippen molar-refractivity contribution in [2.45, 2.75) is 12.8 Å². The molecule has 0 bridgehead atoms. The molecule has 0 fully saturated rings. The Labute approximate surface area is 98.6 Å². The van der Waals surface area contributed by atoms with Gasteiger partial charge in [-0.2, -0.15) is 5.26 Å². The third kappa shape index (κ3) is 4.80. The molecule has 5 heteroatoms. The van der Waals surface area contributed by atoms with E-state index in [1.54, 1.807) is 12.1 Å². The maximum absolute atomic E-state index is 10.3. The van der Waals surface area contributed by atoms with Crippen LogP contribution in [0.15, 0.2) is 18.3 Å². The molecule has 0 saturated heterocycles. The van der Waals surface area contributed by atoms with E-state index < -0.39 is 0 Å². The molecule has 1 rings (SSSR count). The van der Waals surface area contributed by atoms with Crippen LogP contribution in [0.3, 0.4) is 0 Å². The quantitative estimate of drug-likeness (QED) is 0.413. The second kappa shape index (κ2) is 7.71. The molecule has 16 heavy (non-hydrogen) atoms. The number of ether oxygens (including phenoxy) is 1. The Morgan fingerprint density at radius 1 is 1.50 bits per heavy atom. The van der Waals surface area contributed by atoms with Crippen molar-refractivity contribution in [2.75, 3.05) is 12.4 Å². The van der Waals surface area contributed by atoms with Gasteiger partial charge >= 0.3 is 0 Å². The number of unbranched alkanes of at least 4 members (excludes halogenated alkanes) is 1. The second-order valence-corrected chi connectivity index (χ2v) is 3.91. The van der Waals surface area contributed by atoms with Crippen molar-refractivity contribution in [1.29, 1.82) is 5.26 Å². The second-order valence-electron chi connectivity index (χ2n) is 3.03. The van der Waals surface area contributed by atoms with Crippen LogP contribution in [0.4, 0.5) is 0 Å². The lowest BCUT2D eigenvalue weighted by Crippen LogP contribution is -1.98. The molecule has 0 saturated carbocycles. The number of nitriles is 1. The predicted octanol–water partition coefficient (Wildman–Crippen LogP) is 2.27. The number of hydrogen-bond donors (Lipinski definition) is 0. The smallest absolute Gasteiger partial charge is 0.168 e. The predicted molar refractivity (Wildman–Crippen MR) is 62.4 cm³/mol. The van der Waals surface area contributed by atoms with Crippen LogP contribution < -0.4 is 4.74 Å². The van der Waals surface area contributed by atoms with Gasteiger partial charge in [0.25, 0.3) is 0 Å². The van der Waals surface area contributed by atoms with Gasteiger partial charge in [0.05, 0.1) is 12.8 Å². The lowest BCUT2D eigenvalue weighted by Gasteiger charge is -2.04. The first-order valence-electron chi connectivity index (χ1n) is 4.91. The van der Waals surface area contributed by atoms with Gasteiger partial charge in [-0.15, -0.1) is 0 Å². The van der Waals surface area contributed by atoms with E-state index in [0.29, 0.717) is 24.3 Å². The molecule has 0 amide bonds. The summed E-state index contributed by atoms with van der Waals surface area (Å²) in [5.41, 5.74) is 0.401. The van der Waals surface area contributed by atoms with Gasteiger partial charge in [0.15, 0.2) is 6.29 Å². The molecule has 0 atom stereocenters. The summed E-state index contributed by atoms with van der Waals surface area (Å²) in [5, 5.41) is 10.3. The summed E-state index contributed by atoms with van der Waals surface area (Å²) < 4.78 is 5.42. The highest BCUT2D eigenvalue weighted by atomic mass is 32.2. The largest absolute Gasteiger partial charge is 0.492 e. The van der Waals surface area contributed by atoms with Gasteiger partial charge in [0, 0.05) is 5.75 Å². The first-order chi connectivity index (χ1) is 7.86. The summed E-state index contributed by atoms with van der Waals surface area (Å²) in [6.07, 6.45) is 4.10. The molecule has 1 heterocycles. The van der Waals surface area contributed by atoms with Crippen molar-refractivity contribution >= 4 is 18.0 Å². The molecular weight excluding hydrogens is 224 g/mol. The highest BCUT2D eigenvalue weighted by molar-refractivity contribution is 8.03. The van der Waals surface area contributed by atoms with E-state index in [1.807, 2.05) is 5.40 Å². The summed E-state index contributed by atoms with van der Waals surface area (Å²) in [6.45, 7) is 0.605. The zero-order valence-electron chi connectivity index (χ0n) is 8.76. The normalized spacial score (nSPS) is 9.44. The van der Waals surface area contributed by atoms with E-state index in [-0.39, 0.29) is 0 Å². The van der Waals surface area contributed by atoms with Crippen molar-refractivity contribution in [3.05, 3.63) is 24.0 Å². The number of rotatable bonds is 7. The van der Waals surface area contributed by atoms with Crippen molar-refractivity contribution < 1.29 is 9.53 Å². The van der Waals surface area contributed by atoms with Crippen molar-refractivity contribution in [2.24, 2.45) is 0 Å². The van der Waals surface area contributed by atoms with Crippen LogP contribution in [-0.2, 0) is 0 Å². The van der Waals surface area contributed by atoms with Crippen LogP contribution in [0.1, 0.15) is 23.3 Å². The average molecular weight is 236 g/mol. The standard InChI is InChI=1S/C11H12N2O2S/c12-9-16-6-2-1-5-15-11-4-3-10(8-14)13-7-11/h3-4,7-8H,1-2,5-6H2. The lowest BCUT2D eigenvalue weighted by molar-refractivity contribution is 0.111. The number of nitrogens with zero attached hydrogens (tertiary/aromatic N) is 2. The molecule has 0 aliphatic rings. The summed E-state index contributed by atoms with van der Waals surface area (Å²) in [6, 6.07) is 3.34. The highest BCUT2D eigenvalue weighted by Gasteiger charge is 1.96. The lowest BCUT2D eigenvalue weighted by atomic mass is 10.3. The fourth-order valence-electron chi connectivity index (χ4n) is 1.06. The van der Waals surface area contributed by atoms with Crippen LogP contribution in [0.25, 0.3) is 0 Å². The van der Waals surface area contributed by atoms with E-state index in [0.717, 1.165) is 18.6 Å². The molecular formula is C11H12N2O2S. The fraction of sp³-hybridized carbons (Fsp3) is 0.364.